The van der Waals surface area contributed by atoms with Crippen molar-refractivity contribution in [2.75, 3.05) is 11.1 Å². The standard InChI is InChI=1S/C24H30N6O3/c1-14(2)30-23(25)21(24(26)32)22(28-30)17-9-7-16(8-10-17)12-20(31)27-19-13-18(33-29-19)11-15-5-3-4-6-15/h7-10,13-15H,3-6,11-12,25H2,1-2H3,(H2,26,32)(H,27,29,31). The van der Waals surface area contributed by atoms with Crippen molar-refractivity contribution in [3.8, 4) is 11.3 Å². The quantitative estimate of drug-likeness (QED) is 0.477. The Labute approximate surface area is 192 Å². The van der Waals surface area contributed by atoms with Crippen molar-refractivity contribution in [1.29, 1.82) is 0 Å². The maximum atomic E-state index is 12.5. The van der Waals surface area contributed by atoms with Crippen LogP contribution in [-0.4, -0.2) is 26.8 Å². The van der Waals surface area contributed by atoms with E-state index in [4.69, 9.17) is 16.0 Å². The third-order valence-electron chi connectivity index (χ3n) is 6.07. The van der Waals surface area contributed by atoms with Crippen LogP contribution in [0.5, 0.6) is 0 Å². The molecule has 0 spiro atoms. The van der Waals surface area contributed by atoms with Gasteiger partial charge in [-0.25, -0.2) is 4.68 Å². The van der Waals surface area contributed by atoms with E-state index >= 15 is 0 Å². The van der Waals surface area contributed by atoms with E-state index in [0.29, 0.717) is 23.0 Å². The zero-order chi connectivity index (χ0) is 23.5. The molecule has 0 atom stereocenters. The number of nitrogens with one attached hydrogen (secondary N) is 1. The Morgan fingerprint density at radius 1 is 1.21 bits per heavy atom. The van der Waals surface area contributed by atoms with Crippen LogP contribution in [0.4, 0.5) is 11.6 Å². The van der Waals surface area contributed by atoms with Gasteiger partial charge in [0.25, 0.3) is 5.91 Å². The molecule has 2 heterocycles. The van der Waals surface area contributed by atoms with Gasteiger partial charge in [-0.05, 0) is 25.3 Å². The highest BCUT2D eigenvalue weighted by Gasteiger charge is 2.23. The van der Waals surface area contributed by atoms with E-state index in [-0.39, 0.29) is 29.8 Å². The van der Waals surface area contributed by atoms with Gasteiger partial charge in [0, 0.05) is 24.1 Å². The second-order valence-corrected chi connectivity index (χ2v) is 8.97. The number of benzene rings is 1. The topological polar surface area (TPSA) is 142 Å². The first kappa shape index (κ1) is 22.6. The summed E-state index contributed by atoms with van der Waals surface area (Å²) in [5, 5.41) is 11.2. The number of rotatable bonds is 8. The highest BCUT2D eigenvalue weighted by Crippen LogP contribution is 2.30. The molecule has 0 radical (unpaired) electrons. The van der Waals surface area contributed by atoms with Gasteiger partial charge in [-0.3, -0.25) is 9.59 Å². The van der Waals surface area contributed by atoms with Gasteiger partial charge in [0.05, 0.1) is 6.42 Å². The number of hydrogen-bond acceptors (Lipinski definition) is 6. The van der Waals surface area contributed by atoms with E-state index in [1.165, 1.54) is 25.7 Å². The molecule has 174 valence electrons. The van der Waals surface area contributed by atoms with Crippen LogP contribution < -0.4 is 16.8 Å². The van der Waals surface area contributed by atoms with Crippen LogP contribution in [0, 0.1) is 5.92 Å². The minimum atomic E-state index is -0.627. The average molecular weight is 451 g/mol. The summed E-state index contributed by atoms with van der Waals surface area (Å²) in [6.07, 6.45) is 6.05. The fourth-order valence-electron chi connectivity index (χ4n) is 4.41. The van der Waals surface area contributed by atoms with E-state index < -0.39 is 5.91 Å². The molecule has 4 rings (SSSR count). The van der Waals surface area contributed by atoms with Crippen LogP contribution >= 0.6 is 0 Å². The van der Waals surface area contributed by atoms with Crippen molar-refractivity contribution in [3.05, 3.63) is 47.2 Å². The van der Waals surface area contributed by atoms with Crippen LogP contribution in [-0.2, 0) is 17.6 Å². The molecule has 9 heteroatoms. The highest BCUT2D eigenvalue weighted by molar-refractivity contribution is 6.03. The predicted molar refractivity (Wildman–Crippen MR) is 125 cm³/mol. The van der Waals surface area contributed by atoms with Gasteiger partial charge in [0.2, 0.25) is 5.91 Å². The van der Waals surface area contributed by atoms with Crippen molar-refractivity contribution in [3.63, 3.8) is 0 Å². The molecule has 0 unspecified atom stereocenters. The molecular formula is C24H30N6O3. The molecule has 33 heavy (non-hydrogen) atoms. The van der Waals surface area contributed by atoms with E-state index in [0.717, 1.165) is 17.7 Å². The van der Waals surface area contributed by atoms with Crippen LogP contribution in [0.25, 0.3) is 11.3 Å². The first-order valence-corrected chi connectivity index (χ1v) is 11.3. The number of anilines is 2. The Kier molecular flexibility index (Phi) is 6.48. The summed E-state index contributed by atoms with van der Waals surface area (Å²) in [5.74, 6) is 1.33. The van der Waals surface area contributed by atoms with Crippen molar-refractivity contribution >= 4 is 23.5 Å². The number of carbonyl (C=O) groups is 2. The minimum Gasteiger partial charge on any atom is -0.383 e. The molecule has 0 saturated heterocycles. The maximum Gasteiger partial charge on any atom is 0.254 e. The third kappa shape index (κ3) is 5.08. The molecule has 0 aliphatic heterocycles. The number of nitrogen functional groups attached to an aromatic ring is 1. The molecule has 3 aromatic rings. The number of hydrogen-bond donors (Lipinski definition) is 3. The summed E-state index contributed by atoms with van der Waals surface area (Å²) in [5.41, 5.74) is 13.8. The number of primary amides is 1. The third-order valence-corrected chi connectivity index (χ3v) is 6.07. The zero-order valence-corrected chi connectivity index (χ0v) is 19.0. The van der Waals surface area contributed by atoms with Gasteiger partial charge in [0.1, 0.15) is 22.8 Å². The van der Waals surface area contributed by atoms with Crippen LogP contribution in [0.3, 0.4) is 0 Å². The number of nitrogens with zero attached hydrogens (tertiary/aromatic N) is 3. The highest BCUT2D eigenvalue weighted by atomic mass is 16.5. The average Bonchev–Trinajstić information content (AvgIpc) is 3.49. The van der Waals surface area contributed by atoms with E-state index in [9.17, 15) is 9.59 Å². The Morgan fingerprint density at radius 3 is 2.55 bits per heavy atom. The van der Waals surface area contributed by atoms with Crippen molar-refractivity contribution in [2.45, 2.75) is 58.4 Å². The van der Waals surface area contributed by atoms with E-state index in [1.807, 2.05) is 26.0 Å². The summed E-state index contributed by atoms with van der Waals surface area (Å²) in [6.45, 7) is 3.85. The molecule has 0 bridgehead atoms. The van der Waals surface area contributed by atoms with Gasteiger partial charge in [-0.15, -0.1) is 0 Å². The van der Waals surface area contributed by atoms with Crippen molar-refractivity contribution in [1.82, 2.24) is 14.9 Å². The summed E-state index contributed by atoms with van der Waals surface area (Å²) >= 11 is 0. The fourth-order valence-corrected chi connectivity index (χ4v) is 4.41. The molecular weight excluding hydrogens is 420 g/mol. The van der Waals surface area contributed by atoms with Gasteiger partial charge in [-0.2, -0.15) is 5.10 Å². The second-order valence-electron chi connectivity index (χ2n) is 8.97. The fraction of sp³-hybridized carbons (Fsp3) is 0.417. The molecule has 1 saturated carbocycles. The number of nitrogens with two attached hydrogens (primary N) is 2. The number of aromatic nitrogens is 3. The van der Waals surface area contributed by atoms with Crippen molar-refractivity contribution < 1.29 is 14.1 Å². The lowest BCUT2D eigenvalue weighted by molar-refractivity contribution is -0.115. The first-order valence-electron chi connectivity index (χ1n) is 11.3. The molecule has 2 aromatic heterocycles. The lowest BCUT2D eigenvalue weighted by Crippen LogP contribution is -2.15. The Hall–Kier alpha value is -3.62. The van der Waals surface area contributed by atoms with E-state index in [2.05, 4.69) is 15.6 Å². The van der Waals surface area contributed by atoms with Gasteiger partial charge >= 0.3 is 0 Å². The van der Waals surface area contributed by atoms with E-state index in [1.54, 1.807) is 22.9 Å². The smallest absolute Gasteiger partial charge is 0.254 e. The maximum absolute atomic E-state index is 12.5. The normalized spacial score (nSPS) is 14.2. The Morgan fingerprint density at radius 2 is 1.91 bits per heavy atom. The predicted octanol–water partition coefficient (Wildman–Crippen LogP) is 3.71. The lowest BCUT2D eigenvalue weighted by Gasteiger charge is -2.07. The molecule has 1 aliphatic carbocycles. The molecule has 1 aliphatic rings. The zero-order valence-electron chi connectivity index (χ0n) is 19.0. The summed E-state index contributed by atoms with van der Waals surface area (Å²) < 4.78 is 6.96. The van der Waals surface area contributed by atoms with Crippen molar-refractivity contribution in [2.24, 2.45) is 11.7 Å². The lowest BCUT2D eigenvalue weighted by atomic mass is 10.0. The van der Waals surface area contributed by atoms with Gasteiger partial charge in [0.15, 0.2) is 5.82 Å². The monoisotopic (exact) mass is 450 g/mol. The molecule has 1 aromatic carbocycles. The largest absolute Gasteiger partial charge is 0.383 e. The number of carbonyl (C=O) groups excluding carboxylic acids is 2. The Bertz CT molecular complexity index is 1140. The molecule has 9 nitrogen and oxygen atoms in total. The molecule has 1 fully saturated rings. The van der Waals surface area contributed by atoms with Gasteiger partial charge < -0.3 is 21.3 Å². The van der Waals surface area contributed by atoms with Crippen LogP contribution in [0.2, 0.25) is 0 Å². The SMILES string of the molecule is CC(C)n1nc(-c2ccc(CC(=O)Nc3cc(CC4CCCC4)on3)cc2)c(C(N)=O)c1N. The summed E-state index contributed by atoms with van der Waals surface area (Å²) in [6, 6.07) is 9.03. The number of amides is 2. The first-order chi connectivity index (χ1) is 15.8. The molecule has 5 N–H and O–H groups in total. The van der Waals surface area contributed by atoms with Crippen LogP contribution in [0.15, 0.2) is 34.9 Å². The van der Waals surface area contributed by atoms with Gasteiger partial charge in [-0.1, -0.05) is 55.1 Å². The van der Waals surface area contributed by atoms with Crippen LogP contribution in [0.1, 0.15) is 67.3 Å². The summed E-state index contributed by atoms with van der Waals surface area (Å²) in [7, 11) is 0. The molecule has 2 amide bonds. The Balaban J connectivity index is 1.41. The second kappa shape index (κ2) is 9.48. The summed E-state index contributed by atoms with van der Waals surface area (Å²) in [4.78, 5) is 24.4. The minimum absolute atomic E-state index is 0.0185.